The minimum Gasteiger partial charge on any atom is -0.497 e. The van der Waals surface area contributed by atoms with Crippen molar-refractivity contribution in [1.82, 2.24) is 4.90 Å². The number of carbonyl (C=O) groups is 2. The summed E-state index contributed by atoms with van der Waals surface area (Å²) in [6.45, 7) is 3.06. The molecule has 2 heterocycles. The zero-order valence-corrected chi connectivity index (χ0v) is 16.9. The summed E-state index contributed by atoms with van der Waals surface area (Å²) >= 11 is 0. The third kappa shape index (κ3) is 3.37. The predicted octanol–water partition coefficient (Wildman–Crippen LogP) is 2.92. The van der Waals surface area contributed by atoms with Crippen LogP contribution in [0.25, 0.3) is 0 Å². The van der Waals surface area contributed by atoms with Gasteiger partial charge in [0, 0.05) is 30.9 Å². The van der Waals surface area contributed by atoms with E-state index in [1.54, 1.807) is 42.2 Å². The fourth-order valence-electron chi connectivity index (χ4n) is 4.15. The molecule has 1 fully saturated rings. The highest BCUT2D eigenvalue weighted by atomic mass is 16.5. The lowest BCUT2D eigenvalue weighted by atomic mass is 10.1. The molecule has 7 heteroatoms. The lowest BCUT2D eigenvalue weighted by Crippen LogP contribution is -2.44. The van der Waals surface area contributed by atoms with Crippen LogP contribution in [0.3, 0.4) is 0 Å². The van der Waals surface area contributed by atoms with Gasteiger partial charge >= 0.3 is 6.03 Å². The summed E-state index contributed by atoms with van der Waals surface area (Å²) in [5.41, 5.74) is 2.76. The van der Waals surface area contributed by atoms with E-state index in [0.29, 0.717) is 30.3 Å². The van der Waals surface area contributed by atoms with Crippen LogP contribution < -0.4 is 19.3 Å². The van der Waals surface area contributed by atoms with Crippen LogP contribution in [0.4, 0.5) is 16.2 Å². The molecule has 0 saturated carbocycles. The first-order valence-corrected chi connectivity index (χ1v) is 9.72. The highest BCUT2D eigenvalue weighted by molar-refractivity contribution is 6.02. The summed E-state index contributed by atoms with van der Waals surface area (Å²) in [5.74, 6) is 1.18. The van der Waals surface area contributed by atoms with Gasteiger partial charge in [-0.1, -0.05) is 18.2 Å². The molecule has 29 heavy (non-hydrogen) atoms. The molecule has 2 aromatic carbocycles. The van der Waals surface area contributed by atoms with Crippen molar-refractivity contribution in [2.45, 2.75) is 19.4 Å². The van der Waals surface area contributed by atoms with E-state index in [9.17, 15) is 9.59 Å². The van der Waals surface area contributed by atoms with Gasteiger partial charge in [0.15, 0.2) is 0 Å². The molecule has 0 bridgehead atoms. The maximum Gasteiger partial charge on any atom is 0.325 e. The van der Waals surface area contributed by atoms with Gasteiger partial charge in [0.05, 0.1) is 19.9 Å². The summed E-state index contributed by atoms with van der Waals surface area (Å²) in [6.07, 6.45) is 0.836. The maximum atomic E-state index is 13.1. The van der Waals surface area contributed by atoms with Crippen molar-refractivity contribution < 1.29 is 19.1 Å². The number of hydrogen-bond acceptors (Lipinski definition) is 4. The average Bonchev–Trinajstić information content (AvgIpc) is 3.26. The average molecular weight is 395 g/mol. The SMILES string of the molecule is COc1ccc(OC)c(N2CCN(CC(=O)N3c4ccccc4CC3C)C2=O)c1. The Morgan fingerprint density at radius 3 is 2.62 bits per heavy atom. The minimum atomic E-state index is -0.204. The van der Waals surface area contributed by atoms with Gasteiger partial charge in [0.25, 0.3) is 0 Å². The van der Waals surface area contributed by atoms with Crippen molar-refractivity contribution >= 4 is 23.3 Å². The zero-order chi connectivity index (χ0) is 20.5. The number of carbonyl (C=O) groups excluding carboxylic acids is 2. The van der Waals surface area contributed by atoms with E-state index >= 15 is 0 Å². The molecule has 0 spiro atoms. The Morgan fingerprint density at radius 2 is 1.86 bits per heavy atom. The van der Waals surface area contributed by atoms with Crippen LogP contribution in [-0.4, -0.2) is 56.7 Å². The van der Waals surface area contributed by atoms with Gasteiger partial charge in [0.1, 0.15) is 18.0 Å². The zero-order valence-electron chi connectivity index (χ0n) is 16.9. The maximum absolute atomic E-state index is 13.1. The number of hydrogen-bond donors (Lipinski definition) is 0. The second-order valence-electron chi connectivity index (χ2n) is 7.34. The molecular weight excluding hydrogens is 370 g/mol. The first-order chi connectivity index (χ1) is 14.0. The molecule has 4 rings (SSSR count). The van der Waals surface area contributed by atoms with Crippen LogP contribution in [-0.2, 0) is 11.2 Å². The number of amides is 3. The Morgan fingerprint density at radius 1 is 1.07 bits per heavy atom. The van der Waals surface area contributed by atoms with Crippen LogP contribution in [0.1, 0.15) is 12.5 Å². The van der Waals surface area contributed by atoms with Gasteiger partial charge in [0.2, 0.25) is 5.91 Å². The third-order valence-corrected chi connectivity index (χ3v) is 5.57. The molecule has 7 nitrogen and oxygen atoms in total. The summed E-state index contributed by atoms with van der Waals surface area (Å²) in [5, 5.41) is 0. The van der Waals surface area contributed by atoms with Crippen molar-refractivity contribution in [2.75, 3.05) is 43.7 Å². The number of fused-ring (bicyclic) bond motifs is 1. The fourth-order valence-corrected chi connectivity index (χ4v) is 4.15. The Kier molecular flexibility index (Phi) is 5.05. The van der Waals surface area contributed by atoms with E-state index in [1.807, 2.05) is 30.0 Å². The molecule has 0 N–H and O–H groups in total. The standard InChI is InChI=1S/C22H25N3O4/c1-15-12-16-6-4-5-7-18(16)25(15)21(26)14-23-10-11-24(22(23)27)19-13-17(28-2)8-9-20(19)29-3/h4-9,13,15H,10-12,14H2,1-3H3. The van der Waals surface area contributed by atoms with Gasteiger partial charge in [-0.05, 0) is 37.1 Å². The summed E-state index contributed by atoms with van der Waals surface area (Å²) in [7, 11) is 3.15. The van der Waals surface area contributed by atoms with Gasteiger partial charge in [-0.15, -0.1) is 0 Å². The van der Waals surface area contributed by atoms with Crippen LogP contribution >= 0.6 is 0 Å². The smallest absolute Gasteiger partial charge is 0.325 e. The van der Waals surface area contributed by atoms with Crippen LogP contribution in [0, 0.1) is 0 Å². The van der Waals surface area contributed by atoms with E-state index in [2.05, 4.69) is 6.07 Å². The normalized spacial score (nSPS) is 18.2. The minimum absolute atomic E-state index is 0.0558. The second kappa shape index (κ2) is 7.66. The quantitative estimate of drug-likeness (QED) is 0.781. The van der Waals surface area contributed by atoms with E-state index in [4.69, 9.17) is 9.47 Å². The first kappa shape index (κ1) is 19.1. The molecular formula is C22H25N3O4. The highest BCUT2D eigenvalue weighted by Gasteiger charge is 2.36. The number of methoxy groups -OCH3 is 2. The van der Waals surface area contributed by atoms with E-state index in [0.717, 1.165) is 12.1 Å². The molecule has 2 aliphatic heterocycles. The molecule has 152 valence electrons. The number of benzene rings is 2. The Bertz CT molecular complexity index is 945. The fraction of sp³-hybridized carbons (Fsp3) is 0.364. The number of anilines is 2. The van der Waals surface area contributed by atoms with Crippen molar-refractivity contribution in [3.05, 3.63) is 48.0 Å². The molecule has 2 aliphatic rings. The molecule has 3 amide bonds. The molecule has 2 aromatic rings. The number of rotatable bonds is 5. The number of urea groups is 1. The summed E-state index contributed by atoms with van der Waals surface area (Å²) < 4.78 is 10.7. The van der Waals surface area contributed by atoms with E-state index in [-0.39, 0.29) is 24.5 Å². The Hall–Kier alpha value is -3.22. The van der Waals surface area contributed by atoms with Crippen molar-refractivity contribution in [1.29, 1.82) is 0 Å². The Labute approximate surface area is 170 Å². The summed E-state index contributed by atoms with van der Waals surface area (Å²) in [4.78, 5) is 31.1. The molecule has 1 unspecified atom stereocenters. The number of para-hydroxylation sites is 1. The molecule has 1 saturated heterocycles. The number of nitrogens with zero attached hydrogens (tertiary/aromatic N) is 3. The second-order valence-corrected chi connectivity index (χ2v) is 7.34. The lowest BCUT2D eigenvalue weighted by molar-refractivity contribution is -0.119. The lowest BCUT2D eigenvalue weighted by Gasteiger charge is -2.26. The predicted molar refractivity (Wildman–Crippen MR) is 111 cm³/mol. The molecule has 1 atom stereocenters. The monoisotopic (exact) mass is 395 g/mol. The largest absolute Gasteiger partial charge is 0.497 e. The van der Waals surface area contributed by atoms with Crippen molar-refractivity contribution in [3.63, 3.8) is 0 Å². The van der Waals surface area contributed by atoms with Gasteiger partial charge in [-0.25, -0.2) is 4.79 Å². The summed E-state index contributed by atoms with van der Waals surface area (Å²) in [6, 6.07) is 13.2. The van der Waals surface area contributed by atoms with Gasteiger partial charge in [-0.2, -0.15) is 0 Å². The van der Waals surface area contributed by atoms with E-state index < -0.39 is 0 Å². The van der Waals surface area contributed by atoms with E-state index in [1.165, 1.54) is 5.56 Å². The third-order valence-electron chi connectivity index (χ3n) is 5.57. The van der Waals surface area contributed by atoms with Crippen LogP contribution in [0.2, 0.25) is 0 Å². The highest BCUT2D eigenvalue weighted by Crippen LogP contribution is 2.35. The van der Waals surface area contributed by atoms with Crippen LogP contribution in [0.15, 0.2) is 42.5 Å². The first-order valence-electron chi connectivity index (χ1n) is 9.72. The topological polar surface area (TPSA) is 62.3 Å². The van der Waals surface area contributed by atoms with Crippen molar-refractivity contribution in [2.24, 2.45) is 0 Å². The Balaban J connectivity index is 1.51. The van der Waals surface area contributed by atoms with Crippen molar-refractivity contribution in [3.8, 4) is 11.5 Å². The van der Waals surface area contributed by atoms with Gasteiger partial charge < -0.3 is 19.3 Å². The molecule has 0 radical (unpaired) electrons. The van der Waals surface area contributed by atoms with Crippen LogP contribution in [0.5, 0.6) is 11.5 Å². The molecule has 0 aromatic heterocycles. The van der Waals surface area contributed by atoms with Gasteiger partial charge in [-0.3, -0.25) is 9.69 Å². The number of ether oxygens (including phenoxy) is 2. The molecule has 0 aliphatic carbocycles.